The predicted molar refractivity (Wildman–Crippen MR) is 268 cm³/mol. The van der Waals surface area contributed by atoms with E-state index in [-0.39, 0.29) is 77.1 Å². The van der Waals surface area contributed by atoms with Gasteiger partial charge in [-0.05, 0) is 110 Å². The number of hydrogen-bond donors (Lipinski definition) is 2. The van der Waals surface area contributed by atoms with E-state index in [0.29, 0.717) is 12.0 Å². The van der Waals surface area contributed by atoms with Crippen LogP contribution in [0.1, 0.15) is 99.9 Å². The number of aryl methyl sites for hydroxylation is 2. The molecule has 2 N–H and O–H groups in total. The lowest BCUT2D eigenvalue weighted by Crippen LogP contribution is -2.55. The summed E-state index contributed by atoms with van der Waals surface area (Å²) in [6, 6.07) is 28.4. The Morgan fingerprint density at radius 3 is 1.27 bits per heavy atom. The molecular formula is C57H52F6N6O6. The van der Waals surface area contributed by atoms with Gasteiger partial charge in [-0.25, -0.2) is 9.36 Å². The Kier molecular flexibility index (Phi) is 11.6. The molecule has 6 aromatic rings. The molecule has 2 amide bonds. The quantitative estimate of drug-likeness (QED) is 0.138. The molecule has 18 heteroatoms. The number of nitrogens with one attached hydrogen (secondary N) is 2. The number of anilines is 2. The van der Waals surface area contributed by atoms with Gasteiger partial charge in [0.25, 0.3) is 22.9 Å². The largest absolute Gasteiger partial charge is 0.411 e. The molecule has 0 spiro atoms. The maximum absolute atomic E-state index is 16.1. The molecule has 0 saturated carbocycles. The number of benzene rings is 4. The fourth-order valence-electron chi connectivity index (χ4n) is 12.1. The van der Waals surface area contributed by atoms with Gasteiger partial charge in [0.2, 0.25) is 10.8 Å². The molecule has 2 aliphatic carbocycles. The van der Waals surface area contributed by atoms with Crippen LogP contribution in [0.3, 0.4) is 0 Å². The van der Waals surface area contributed by atoms with Crippen molar-refractivity contribution in [3.63, 3.8) is 0 Å². The molecule has 0 bridgehead atoms. The lowest BCUT2D eigenvalue weighted by atomic mass is 9.66. The van der Waals surface area contributed by atoms with Gasteiger partial charge in [-0.2, -0.15) is 26.3 Å². The third kappa shape index (κ3) is 7.55. The number of para-hydroxylation sites is 2. The van der Waals surface area contributed by atoms with Crippen LogP contribution in [-0.4, -0.2) is 55.3 Å². The number of alkyl halides is 6. The molecule has 2 aromatic heterocycles. The summed E-state index contributed by atoms with van der Waals surface area (Å²) in [6.07, 6.45) is -11.1. The highest BCUT2D eigenvalue weighted by Crippen LogP contribution is 2.60. The Labute approximate surface area is 426 Å². The first-order valence-corrected chi connectivity index (χ1v) is 24.5. The van der Waals surface area contributed by atoms with E-state index in [1.807, 2.05) is 6.92 Å². The van der Waals surface area contributed by atoms with E-state index in [1.54, 1.807) is 88.4 Å². The first kappa shape index (κ1) is 50.8. The number of carbonyl (C=O) groups excluding carboxylic acids is 4. The van der Waals surface area contributed by atoms with Gasteiger partial charge in [-0.15, -0.1) is 0 Å². The smallest absolute Gasteiger partial charge is 0.295 e. The summed E-state index contributed by atoms with van der Waals surface area (Å²) >= 11 is 0. The molecule has 10 rings (SSSR count). The number of amides is 2. The fourth-order valence-corrected chi connectivity index (χ4v) is 12.1. The maximum Gasteiger partial charge on any atom is 0.411 e. The Balaban J connectivity index is 0.957. The highest BCUT2D eigenvalue weighted by atomic mass is 19.4. The minimum atomic E-state index is -5.42. The molecule has 3 atom stereocenters. The Hall–Kier alpha value is -7.76. The van der Waals surface area contributed by atoms with Crippen molar-refractivity contribution in [1.82, 2.24) is 19.6 Å². The second-order valence-corrected chi connectivity index (χ2v) is 21.8. The summed E-state index contributed by atoms with van der Waals surface area (Å²) in [5.41, 5.74) is -13.0. The number of aromatic nitrogens is 4. The lowest BCUT2D eigenvalue weighted by Gasteiger charge is -2.35. The highest BCUT2D eigenvalue weighted by molar-refractivity contribution is 6.21. The molecule has 388 valence electrons. The zero-order chi connectivity index (χ0) is 54.1. The van der Waals surface area contributed by atoms with Crippen molar-refractivity contribution in [2.45, 2.75) is 110 Å². The van der Waals surface area contributed by atoms with Crippen LogP contribution in [0.5, 0.6) is 0 Å². The third-order valence-electron chi connectivity index (χ3n) is 15.3. The topological polar surface area (TPSA) is 150 Å². The number of carbonyl (C=O) groups is 4. The van der Waals surface area contributed by atoms with Gasteiger partial charge in [0.1, 0.15) is 0 Å². The SMILES string of the molecule is Cc1[nH]n(-c2ccccc2)c(=O)c1C1(C(F)(F)F)C(=O)N(c2ccc(CC(C)c3ccc(-n4[nH]c(C)c(C5(C(F)(F)F)C(=O)N(c6ccccc6)C6=C5C(=O)CC(C)(C)C6)c4=O)cc3)cc2)C2=C1C(=O)CC(C)(C)C2. The van der Waals surface area contributed by atoms with Crippen molar-refractivity contribution < 1.29 is 45.5 Å². The molecule has 0 radical (unpaired) electrons. The Morgan fingerprint density at radius 1 is 0.507 bits per heavy atom. The molecule has 0 saturated heterocycles. The normalized spacial score (nSPS) is 22.1. The van der Waals surface area contributed by atoms with E-state index in [1.165, 1.54) is 62.4 Å². The van der Waals surface area contributed by atoms with E-state index in [4.69, 9.17) is 0 Å². The summed E-state index contributed by atoms with van der Waals surface area (Å²) in [5, 5.41) is 5.47. The van der Waals surface area contributed by atoms with Crippen LogP contribution in [0.4, 0.5) is 37.7 Å². The van der Waals surface area contributed by atoms with Gasteiger partial charge in [-0.3, -0.25) is 48.8 Å². The van der Waals surface area contributed by atoms with Crippen LogP contribution in [0.2, 0.25) is 0 Å². The zero-order valence-electron chi connectivity index (χ0n) is 42.0. The summed E-state index contributed by atoms with van der Waals surface area (Å²) in [7, 11) is 0. The van der Waals surface area contributed by atoms with Gasteiger partial charge in [0.15, 0.2) is 11.6 Å². The third-order valence-corrected chi connectivity index (χ3v) is 15.3. The monoisotopic (exact) mass is 1030 g/mol. The van der Waals surface area contributed by atoms with Crippen molar-refractivity contribution >= 4 is 34.8 Å². The summed E-state index contributed by atoms with van der Waals surface area (Å²) < 4.78 is 98.2. The first-order valence-electron chi connectivity index (χ1n) is 24.5. The van der Waals surface area contributed by atoms with Crippen LogP contribution >= 0.6 is 0 Å². The van der Waals surface area contributed by atoms with E-state index in [9.17, 15) is 28.8 Å². The number of ketones is 2. The Morgan fingerprint density at radius 2 is 0.867 bits per heavy atom. The second-order valence-electron chi connectivity index (χ2n) is 21.8. The number of hydrogen-bond acceptors (Lipinski definition) is 6. The van der Waals surface area contributed by atoms with Crippen LogP contribution in [0.25, 0.3) is 11.4 Å². The van der Waals surface area contributed by atoms with Gasteiger partial charge >= 0.3 is 12.4 Å². The molecule has 3 unspecified atom stereocenters. The summed E-state index contributed by atoms with van der Waals surface area (Å²) in [6.45, 7) is 11.4. The fraction of sp³-hybridized carbons (Fsp3) is 0.333. The molecule has 0 fully saturated rings. The summed E-state index contributed by atoms with van der Waals surface area (Å²) in [4.78, 5) is 88.2. The lowest BCUT2D eigenvalue weighted by molar-refractivity contribution is -0.185. The molecular weight excluding hydrogens is 979 g/mol. The first-order chi connectivity index (χ1) is 35.2. The molecule has 4 aromatic carbocycles. The number of aromatic amines is 2. The second kappa shape index (κ2) is 17.1. The highest BCUT2D eigenvalue weighted by Gasteiger charge is 2.75. The van der Waals surface area contributed by atoms with Crippen LogP contribution in [0, 0.1) is 24.7 Å². The van der Waals surface area contributed by atoms with Gasteiger partial charge < -0.3 is 0 Å². The Bertz CT molecular complexity index is 3560. The minimum Gasteiger partial charge on any atom is -0.295 e. The van der Waals surface area contributed by atoms with Crippen LogP contribution in [0.15, 0.2) is 141 Å². The average Bonchev–Trinajstić information content (AvgIpc) is 4.01. The van der Waals surface area contributed by atoms with Gasteiger partial charge in [0.05, 0.1) is 22.5 Å². The number of nitrogens with zero attached hydrogens (tertiary/aromatic N) is 4. The zero-order valence-corrected chi connectivity index (χ0v) is 42.0. The number of rotatable bonds is 9. The molecule has 4 heterocycles. The molecule has 4 aliphatic rings. The van der Waals surface area contributed by atoms with Crippen molar-refractivity contribution in [3.8, 4) is 11.4 Å². The number of Topliss-reactive ketones (excluding diaryl/α,β-unsaturated/α-hetero) is 2. The van der Waals surface area contributed by atoms with E-state index in [2.05, 4.69) is 10.2 Å². The van der Waals surface area contributed by atoms with Crippen LogP contribution in [-0.2, 0) is 36.4 Å². The van der Waals surface area contributed by atoms with Crippen molar-refractivity contribution in [2.24, 2.45) is 10.8 Å². The predicted octanol–water partition coefficient (Wildman–Crippen LogP) is 10.6. The van der Waals surface area contributed by atoms with Crippen molar-refractivity contribution in [3.05, 3.63) is 186 Å². The van der Waals surface area contributed by atoms with E-state index < -0.39 is 90.8 Å². The van der Waals surface area contributed by atoms with E-state index >= 15 is 26.3 Å². The molecule has 12 nitrogen and oxygen atoms in total. The summed E-state index contributed by atoms with van der Waals surface area (Å²) in [5.74, 6) is -4.94. The number of halogens is 6. The van der Waals surface area contributed by atoms with Crippen molar-refractivity contribution in [1.29, 1.82) is 0 Å². The van der Waals surface area contributed by atoms with Gasteiger partial charge in [0, 0.05) is 58.1 Å². The number of H-pyrrole nitrogens is 2. The molecule has 2 aliphatic heterocycles. The number of allylic oxidation sites excluding steroid dienone is 2. The van der Waals surface area contributed by atoms with E-state index in [0.717, 1.165) is 24.7 Å². The maximum atomic E-state index is 16.1. The minimum absolute atomic E-state index is 0.0248. The van der Waals surface area contributed by atoms with Crippen molar-refractivity contribution in [2.75, 3.05) is 9.80 Å². The van der Waals surface area contributed by atoms with Crippen LogP contribution < -0.4 is 20.9 Å². The molecule has 75 heavy (non-hydrogen) atoms. The standard InChI is InChI=1S/C57H52F6N6O6/c1-31(35-20-24-39(25-21-35)69-49(73)45(33(3)65-69)54(56(58,59)60)46-40(27-52(4,5)29-42(46)70)66(50(54)74)36-14-10-8-11-15-36)26-34-18-22-37(23-19-34)67-41-28-53(6,7)30-43(71)47(41)55(51(67)75,57(61,62)63)44-32(2)64-68(48(44)72)38-16-12-9-13-17-38/h8-25,31,64-65H,26-30H2,1-7H3. The average molecular weight is 1030 g/mol. The van der Waals surface area contributed by atoms with Gasteiger partial charge in [-0.1, -0.05) is 95.3 Å².